The van der Waals surface area contributed by atoms with E-state index in [1.165, 1.54) is 76.6 Å². The Hall–Kier alpha value is -13.6. The summed E-state index contributed by atoms with van der Waals surface area (Å²) in [6.07, 6.45) is 97.7. The molecule has 0 amide bonds. The molecule has 2 N–H and O–H groups in total. The molecule has 0 aromatic carbocycles. The van der Waals surface area contributed by atoms with Crippen LogP contribution in [0.15, 0.2) is 387 Å². The van der Waals surface area contributed by atoms with Gasteiger partial charge in [-0.3, -0.25) is 0 Å². The van der Waals surface area contributed by atoms with Crippen molar-refractivity contribution in [1.82, 2.24) is 9.80 Å². The van der Waals surface area contributed by atoms with Crippen LogP contribution in [0.5, 0.6) is 0 Å². The first-order chi connectivity index (χ1) is 61.0. The molecular weight excluding hydrogens is 1520 g/mol. The van der Waals surface area contributed by atoms with Crippen molar-refractivity contribution in [3.63, 3.8) is 0 Å². The van der Waals surface area contributed by atoms with Crippen LogP contribution in [-0.4, -0.2) is 46.2 Å². The van der Waals surface area contributed by atoms with Gasteiger partial charge in [-0.05, 0) is 150 Å². The summed E-state index contributed by atoms with van der Waals surface area (Å²) < 4.78 is 22.6. The Bertz CT molecular complexity index is 5870. The lowest BCUT2D eigenvalue weighted by Gasteiger charge is -2.20. The Morgan fingerprint density at radius 2 is 0.500 bits per heavy atom. The molecule has 17 rings (SSSR count). The molecule has 0 unspecified atom stereocenters. The topological polar surface area (TPSA) is 97.9 Å². The number of hydrogen-bond acceptors (Lipinski definition) is 4. The van der Waals surface area contributed by atoms with Crippen LogP contribution in [-0.2, 0) is 67.0 Å². The molecule has 16 heteroatoms. The smallest absolute Gasteiger partial charge is 0.218 e. The molecule has 16 nitrogen and oxygen atoms in total. The number of rotatable bonds is 35. The monoisotopic (exact) mass is 1640 g/mol. The average molecular weight is 1640 g/mol. The predicted molar refractivity (Wildman–Crippen MR) is 489 cm³/mol. The molecule has 124 heavy (non-hydrogen) atoms. The second-order valence-corrected chi connectivity index (χ2v) is 33.8. The van der Waals surface area contributed by atoms with Crippen LogP contribution in [0.1, 0.15) is 125 Å². The second-order valence-electron chi connectivity index (χ2n) is 33.8. The molecular formula is C108H118N16+12. The van der Waals surface area contributed by atoms with Gasteiger partial charge < -0.3 is 9.80 Å². The number of aliphatic imine (C=N–C) groups is 2. The van der Waals surface area contributed by atoms with Gasteiger partial charge in [0.1, 0.15) is 72.5 Å². The zero-order chi connectivity index (χ0) is 84.2. The van der Waals surface area contributed by atoms with Crippen molar-refractivity contribution in [2.45, 2.75) is 149 Å². The van der Waals surface area contributed by atoms with E-state index in [0.717, 1.165) is 213 Å². The van der Waals surface area contributed by atoms with Gasteiger partial charge in [0, 0.05) is 251 Å². The fourth-order valence-corrected chi connectivity index (χ4v) is 17.3. The van der Waals surface area contributed by atoms with Crippen molar-refractivity contribution in [3.8, 4) is 33.4 Å². The second kappa shape index (κ2) is 40.4. The molecule has 10 aromatic heterocycles. The normalized spacial score (nSPS) is 15.1. The maximum atomic E-state index is 5.75. The molecule has 618 valence electrons. The third-order valence-corrected chi connectivity index (χ3v) is 24.6. The van der Waals surface area contributed by atoms with E-state index in [-0.39, 0.29) is 0 Å². The third-order valence-electron chi connectivity index (χ3n) is 24.6. The van der Waals surface area contributed by atoms with Crippen LogP contribution >= 0.6 is 0 Å². The lowest BCUT2D eigenvalue weighted by Crippen LogP contribution is -2.71. The van der Waals surface area contributed by atoms with Crippen molar-refractivity contribution in [2.75, 3.05) is 13.6 Å². The summed E-state index contributed by atoms with van der Waals surface area (Å²) in [4.78, 5) is 24.0. The van der Waals surface area contributed by atoms with E-state index in [4.69, 9.17) is 9.98 Å². The first kappa shape index (κ1) is 82.7. The summed E-state index contributed by atoms with van der Waals surface area (Å²) in [5.41, 5.74) is 25.9. The lowest BCUT2D eigenvalue weighted by atomic mass is 9.99. The largest absolute Gasteiger partial charge is 0.357 e. The van der Waals surface area contributed by atoms with Crippen LogP contribution in [0.3, 0.4) is 0 Å². The number of aryl methyl sites for hydroxylation is 10. The number of pyridine rings is 10. The van der Waals surface area contributed by atoms with E-state index in [0.29, 0.717) is 0 Å². The van der Waals surface area contributed by atoms with E-state index in [2.05, 4.69) is 437 Å². The fourth-order valence-electron chi connectivity index (χ4n) is 17.3. The summed E-state index contributed by atoms with van der Waals surface area (Å²) in [6.45, 7) is 7.82. The molecule has 0 saturated heterocycles. The molecule has 0 aliphatic carbocycles. The SMILES string of the molecule is CN1C=CC(=C2C=CN(CCCCCC[n+]3ccc(C4=C5C=CC(=N5)C(c5cc[n+](CCCCCC[n+]6ccc(-c7cc[n+](C)cc7)cc6)cc5)=C5C=CC(=[NH+]5)C(c5cc[n+](CCCCCC[n+]6ccc(-c7cc[n+](C)cc7)cc6)cc5)=C5C=CC(=[NH+]5)C(c5cc[n+](CCCCCC[n+]6ccc(-c7cc[n+](C)cc7)cc6)cc5)=C5C=CC4=N5)cc3)C=C2)C=C1. The van der Waals surface area contributed by atoms with Gasteiger partial charge >= 0.3 is 0 Å². The number of allylic oxidation sites excluding steroid dienone is 18. The highest BCUT2D eigenvalue weighted by molar-refractivity contribution is 6.37. The van der Waals surface area contributed by atoms with Crippen molar-refractivity contribution >= 4 is 45.1 Å². The maximum absolute atomic E-state index is 5.75. The Labute approximate surface area is 732 Å². The molecule has 17 heterocycles. The van der Waals surface area contributed by atoms with Gasteiger partial charge in [0.15, 0.2) is 124 Å². The minimum absolute atomic E-state index is 0.872. The molecule has 0 atom stereocenters. The highest BCUT2D eigenvalue weighted by atomic mass is 15.1. The minimum Gasteiger partial charge on any atom is -0.357 e. The van der Waals surface area contributed by atoms with Crippen LogP contribution in [0, 0.1) is 0 Å². The van der Waals surface area contributed by atoms with E-state index < -0.39 is 0 Å². The average Bonchev–Trinajstić information content (AvgIpc) is 1.61. The number of hydrogen-bond donors (Lipinski definition) is 2. The maximum Gasteiger partial charge on any atom is 0.218 e. The molecule has 8 bridgehead atoms. The summed E-state index contributed by atoms with van der Waals surface area (Å²) in [7, 11) is 8.23. The quantitative estimate of drug-likeness (QED) is 0.0306. The van der Waals surface area contributed by atoms with Crippen LogP contribution in [0.2, 0.25) is 0 Å². The van der Waals surface area contributed by atoms with Gasteiger partial charge in [0.2, 0.25) is 22.8 Å². The first-order valence-corrected chi connectivity index (χ1v) is 45.0. The molecule has 0 saturated carbocycles. The van der Waals surface area contributed by atoms with Crippen LogP contribution in [0.4, 0.5) is 0 Å². The summed E-state index contributed by atoms with van der Waals surface area (Å²) >= 11 is 0. The van der Waals surface area contributed by atoms with Crippen molar-refractivity contribution in [1.29, 1.82) is 0 Å². The third kappa shape index (κ3) is 21.3. The molecule has 0 spiro atoms. The molecule has 10 aromatic rings. The number of unbranched alkanes of at least 4 members (excludes halogenated alkanes) is 12. The molecule has 7 aliphatic heterocycles. The van der Waals surface area contributed by atoms with E-state index >= 15 is 0 Å². The number of nitrogens with one attached hydrogen (secondary N) is 2. The Balaban J connectivity index is 0.633. The zero-order valence-electron chi connectivity index (χ0n) is 72.6. The van der Waals surface area contributed by atoms with Crippen molar-refractivity contribution in [3.05, 3.63) is 399 Å². The summed E-state index contributed by atoms with van der Waals surface area (Å²) in [6, 6.07) is 44.7. The van der Waals surface area contributed by atoms with Gasteiger partial charge in [0.05, 0.1) is 34.0 Å². The van der Waals surface area contributed by atoms with Crippen LogP contribution in [0.25, 0.3) is 55.7 Å². The molecule has 0 fully saturated rings. The predicted octanol–water partition coefficient (Wildman–Crippen LogP) is 12.3. The van der Waals surface area contributed by atoms with Gasteiger partial charge in [-0.2, -0.15) is 0 Å². The highest BCUT2D eigenvalue weighted by Gasteiger charge is 2.35. The van der Waals surface area contributed by atoms with Gasteiger partial charge in [0.25, 0.3) is 0 Å². The Morgan fingerprint density at radius 1 is 0.242 bits per heavy atom. The minimum atomic E-state index is 0.872. The summed E-state index contributed by atoms with van der Waals surface area (Å²) in [5, 5.41) is 0. The highest BCUT2D eigenvalue weighted by Crippen LogP contribution is 2.36. The van der Waals surface area contributed by atoms with Crippen LogP contribution < -0.4 is 55.7 Å². The van der Waals surface area contributed by atoms with Gasteiger partial charge in [-0.25, -0.2) is 65.6 Å². The van der Waals surface area contributed by atoms with Gasteiger partial charge in [-0.1, -0.05) is 6.42 Å². The molecule has 0 radical (unpaired) electrons. The zero-order valence-corrected chi connectivity index (χ0v) is 72.6. The van der Waals surface area contributed by atoms with E-state index in [9.17, 15) is 0 Å². The van der Waals surface area contributed by atoms with Crippen molar-refractivity contribution < 1.29 is 55.7 Å². The Kier molecular flexibility index (Phi) is 26.9. The van der Waals surface area contributed by atoms with Crippen molar-refractivity contribution in [2.24, 2.45) is 31.1 Å². The fraction of sp³-hybridized carbons (Fsp3) is 0.259. The number of fused-ring (bicyclic) bond motifs is 4. The molecule has 7 aliphatic rings. The first-order valence-electron chi connectivity index (χ1n) is 45.0. The number of nitrogens with zero attached hydrogens (tertiary/aromatic N) is 14. The summed E-state index contributed by atoms with van der Waals surface area (Å²) in [5.74, 6) is 0. The lowest BCUT2D eigenvalue weighted by molar-refractivity contribution is -0.698. The number of aromatic nitrogens is 10. The van der Waals surface area contributed by atoms with E-state index in [1.54, 1.807) is 0 Å². The Morgan fingerprint density at radius 3 is 0.847 bits per heavy atom. The standard InChI is InChI=1S/C108H116N16/c1-113-61-29-85(30-62-113)89-37-69-117(70-38-89)53-13-5-9-17-57-121-77-45-93(46-78-121)105-97-21-23-99(109-97)106(94-47-79-122(80-48-94)58-18-10-6-14-54-118-71-39-90(40-72-118)86-31-63-114(2)64-32-86)101-25-27-103(111-101)108(96-51-83-124(84-52-96)60-20-12-8-16-56-120-75-43-92(44-76-120)88-35-67-116(4)68-36-88)104-28-26-102(112-104)107(100-24-22-98(105)110-100)95-49-81-123(82-50-95)59-19-11-7-15-55-119-73-41-91(42-74-119)87-33-65-115(3)66-34-87/h21-52,61-84H,5-20,53-60H2,1-4H3/q+10/p+2. The van der Waals surface area contributed by atoms with E-state index in [1.807, 2.05) is 0 Å². The van der Waals surface area contributed by atoms with Gasteiger partial charge in [-0.15, -0.1) is 0 Å².